The molecule has 1 fully saturated rings. The number of ether oxygens (including phenoxy) is 3. The van der Waals surface area contributed by atoms with Gasteiger partial charge in [-0.3, -0.25) is 0 Å². The van der Waals surface area contributed by atoms with Crippen LogP contribution in [0.25, 0.3) is 0 Å². The highest BCUT2D eigenvalue weighted by molar-refractivity contribution is 5.40. The zero-order valence-corrected chi connectivity index (χ0v) is 7.74. The van der Waals surface area contributed by atoms with E-state index in [9.17, 15) is 0 Å². The quantitative estimate of drug-likeness (QED) is 0.664. The first kappa shape index (κ1) is 8.38. The third-order valence-corrected chi connectivity index (χ3v) is 2.08. The number of hydrogen-bond acceptors (Lipinski definition) is 3. The average molecular weight is 180 g/mol. The van der Waals surface area contributed by atoms with Crippen LogP contribution in [-0.4, -0.2) is 20.8 Å². The SMILES string of the molecule is COc1cc(OC)cc([C@H]2CO2)c1. The summed E-state index contributed by atoms with van der Waals surface area (Å²) in [5, 5.41) is 0. The zero-order valence-electron chi connectivity index (χ0n) is 7.74. The van der Waals surface area contributed by atoms with Crippen molar-refractivity contribution in [2.75, 3.05) is 20.8 Å². The van der Waals surface area contributed by atoms with E-state index in [0.717, 1.165) is 23.7 Å². The number of hydrogen-bond donors (Lipinski definition) is 0. The van der Waals surface area contributed by atoms with Crippen LogP contribution in [0.4, 0.5) is 0 Å². The number of methoxy groups -OCH3 is 2. The van der Waals surface area contributed by atoms with Crippen LogP contribution in [0, 0.1) is 0 Å². The van der Waals surface area contributed by atoms with Crippen molar-refractivity contribution in [2.24, 2.45) is 0 Å². The molecule has 1 aromatic rings. The van der Waals surface area contributed by atoms with Crippen LogP contribution in [-0.2, 0) is 4.74 Å². The number of epoxide rings is 1. The van der Waals surface area contributed by atoms with Crippen molar-refractivity contribution in [1.29, 1.82) is 0 Å². The summed E-state index contributed by atoms with van der Waals surface area (Å²) in [6.45, 7) is 0.802. The molecule has 13 heavy (non-hydrogen) atoms. The molecule has 0 aliphatic carbocycles. The maximum absolute atomic E-state index is 5.18. The second-order valence-corrected chi connectivity index (χ2v) is 2.97. The normalized spacial score (nSPS) is 19.7. The average Bonchev–Trinajstić information content (AvgIpc) is 3.00. The Balaban J connectivity index is 2.33. The third-order valence-electron chi connectivity index (χ3n) is 2.08. The van der Waals surface area contributed by atoms with Crippen molar-refractivity contribution in [1.82, 2.24) is 0 Å². The highest BCUT2D eigenvalue weighted by Gasteiger charge is 2.25. The molecule has 2 rings (SSSR count). The van der Waals surface area contributed by atoms with Gasteiger partial charge in [-0.2, -0.15) is 0 Å². The molecule has 1 aliphatic heterocycles. The van der Waals surface area contributed by atoms with E-state index in [2.05, 4.69) is 0 Å². The fraction of sp³-hybridized carbons (Fsp3) is 0.400. The first-order valence-corrected chi connectivity index (χ1v) is 4.18. The molecule has 0 N–H and O–H groups in total. The third kappa shape index (κ3) is 1.75. The number of rotatable bonds is 3. The molecule has 1 atom stereocenters. The molecule has 0 radical (unpaired) electrons. The molecule has 0 spiro atoms. The second kappa shape index (κ2) is 3.26. The lowest BCUT2D eigenvalue weighted by atomic mass is 10.1. The molecule has 1 aromatic carbocycles. The second-order valence-electron chi connectivity index (χ2n) is 2.97. The van der Waals surface area contributed by atoms with Crippen molar-refractivity contribution in [2.45, 2.75) is 6.10 Å². The van der Waals surface area contributed by atoms with E-state index >= 15 is 0 Å². The minimum absolute atomic E-state index is 0.240. The summed E-state index contributed by atoms with van der Waals surface area (Å²) >= 11 is 0. The predicted octanol–water partition coefficient (Wildman–Crippen LogP) is 1.78. The lowest BCUT2D eigenvalue weighted by molar-refractivity contribution is 0.387. The fourth-order valence-electron chi connectivity index (χ4n) is 1.26. The summed E-state index contributed by atoms with van der Waals surface area (Å²) < 4.78 is 15.5. The van der Waals surface area contributed by atoms with Gasteiger partial charge in [0.25, 0.3) is 0 Å². The molecule has 1 saturated heterocycles. The first-order valence-electron chi connectivity index (χ1n) is 4.18. The van der Waals surface area contributed by atoms with Gasteiger partial charge in [0.2, 0.25) is 0 Å². The molecule has 0 aromatic heterocycles. The van der Waals surface area contributed by atoms with Crippen LogP contribution in [0.5, 0.6) is 11.5 Å². The van der Waals surface area contributed by atoms with Crippen molar-refractivity contribution in [3.63, 3.8) is 0 Å². The molecule has 0 unspecified atom stereocenters. The highest BCUT2D eigenvalue weighted by Crippen LogP contribution is 2.34. The molecule has 0 amide bonds. The largest absolute Gasteiger partial charge is 0.497 e. The highest BCUT2D eigenvalue weighted by atomic mass is 16.6. The maximum Gasteiger partial charge on any atom is 0.122 e. The first-order chi connectivity index (χ1) is 6.33. The Morgan fingerprint density at radius 2 is 1.69 bits per heavy atom. The Morgan fingerprint density at radius 1 is 1.15 bits per heavy atom. The Morgan fingerprint density at radius 3 is 2.08 bits per heavy atom. The van der Waals surface area contributed by atoms with Gasteiger partial charge >= 0.3 is 0 Å². The van der Waals surface area contributed by atoms with Gasteiger partial charge in [-0.05, 0) is 17.7 Å². The van der Waals surface area contributed by atoms with Gasteiger partial charge in [-0.1, -0.05) is 0 Å². The maximum atomic E-state index is 5.18. The number of benzene rings is 1. The van der Waals surface area contributed by atoms with E-state index in [1.807, 2.05) is 18.2 Å². The van der Waals surface area contributed by atoms with E-state index in [4.69, 9.17) is 14.2 Å². The lowest BCUT2D eigenvalue weighted by Gasteiger charge is -2.06. The summed E-state index contributed by atoms with van der Waals surface area (Å²) in [7, 11) is 3.29. The van der Waals surface area contributed by atoms with Gasteiger partial charge in [0, 0.05) is 6.07 Å². The van der Waals surface area contributed by atoms with Crippen molar-refractivity contribution in [3.05, 3.63) is 23.8 Å². The molecule has 0 bridgehead atoms. The van der Waals surface area contributed by atoms with Crippen LogP contribution in [0.1, 0.15) is 11.7 Å². The summed E-state index contributed by atoms with van der Waals surface area (Å²) in [4.78, 5) is 0. The van der Waals surface area contributed by atoms with Gasteiger partial charge in [-0.25, -0.2) is 0 Å². The monoisotopic (exact) mass is 180 g/mol. The van der Waals surface area contributed by atoms with E-state index in [-0.39, 0.29) is 6.10 Å². The van der Waals surface area contributed by atoms with Crippen LogP contribution in [0.15, 0.2) is 18.2 Å². The van der Waals surface area contributed by atoms with Gasteiger partial charge in [0.1, 0.15) is 17.6 Å². The molecular weight excluding hydrogens is 168 g/mol. The minimum Gasteiger partial charge on any atom is -0.497 e. The summed E-state index contributed by atoms with van der Waals surface area (Å²) in [5.41, 5.74) is 1.12. The molecule has 1 heterocycles. The van der Waals surface area contributed by atoms with Crippen LogP contribution < -0.4 is 9.47 Å². The molecule has 70 valence electrons. The lowest BCUT2D eigenvalue weighted by Crippen LogP contribution is -1.90. The van der Waals surface area contributed by atoms with Gasteiger partial charge < -0.3 is 14.2 Å². The Hall–Kier alpha value is -1.22. The summed E-state index contributed by atoms with van der Waals surface area (Å²) in [6, 6.07) is 5.80. The standard InChI is InChI=1S/C10H12O3/c1-11-8-3-7(10-6-13-10)4-9(5-8)12-2/h3-5,10H,6H2,1-2H3/t10-/m1/s1. The molecule has 1 aliphatic rings. The van der Waals surface area contributed by atoms with Gasteiger partial charge in [0.05, 0.1) is 20.8 Å². The fourth-order valence-corrected chi connectivity index (χ4v) is 1.26. The Labute approximate surface area is 77.2 Å². The summed E-state index contributed by atoms with van der Waals surface area (Å²) in [6.07, 6.45) is 0.240. The Kier molecular flexibility index (Phi) is 2.10. The van der Waals surface area contributed by atoms with Crippen molar-refractivity contribution < 1.29 is 14.2 Å². The summed E-state index contributed by atoms with van der Waals surface area (Å²) in [5.74, 6) is 1.62. The smallest absolute Gasteiger partial charge is 0.122 e. The predicted molar refractivity (Wildman–Crippen MR) is 48.2 cm³/mol. The molecule has 3 nitrogen and oxygen atoms in total. The van der Waals surface area contributed by atoms with Crippen LogP contribution in [0.3, 0.4) is 0 Å². The van der Waals surface area contributed by atoms with Gasteiger partial charge in [0.15, 0.2) is 0 Å². The van der Waals surface area contributed by atoms with Crippen molar-refractivity contribution >= 4 is 0 Å². The minimum atomic E-state index is 0.240. The molecule has 3 heteroatoms. The Bertz CT molecular complexity index is 283. The zero-order chi connectivity index (χ0) is 9.26. The van der Waals surface area contributed by atoms with Crippen LogP contribution in [0.2, 0.25) is 0 Å². The van der Waals surface area contributed by atoms with E-state index in [1.165, 1.54) is 0 Å². The van der Waals surface area contributed by atoms with E-state index in [0.29, 0.717) is 0 Å². The van der Waals surface area contributed by atoms with Gasteiger partial charge in [-0.15, -0.1) is 0 Å². The van der Waals surface area contributed by atoms with Crippen LogP contribution >= 0.6 is 0 Å². The van der Waals surface area contributed by atoms with E-state index in [1.54, 1.807) is 14.2 Å². The topological polar surface area (TPSA) is 31.0 Å². The molecule has 0 saturated carbocycles. The molecular formula is C10H12O3. The van der Waals surface area contributed by atoms with E-state index < -0.39 is 0 Å². The van der Waals surface area contributed by atoms with Crippen molar-refractivity contribution in [3.8, 4) is 11.5 Å².